The van der Waals surface area contributed by atoms with Crippen LogP contribution >= 0.6 is 23.1 Å². The second kappa shape index (κ2) is 6.69. The maximum Gasteiger partial charge on any atom is 0.237 e. The molecule has 0 N–H and O–H groups in total. The highest BCUT2D eigenvalue weighted by Gasteiger charge is 2.30. The molecule has 3 heterocycles. The number of hydrogen-bond acceptors (Lipinski definition) is 7. The van der Waals surface area contributed by atoms with E-state index in [-0.39, 0.29) is 0 Å². The molecule has 0 radical (unpaired) electrons. The first-order chi connectivity index (χ1) is 12.9. The van der Waals surface area contributed by atoms with Gasteiger partial charge in [-0.05, 0) is 24.3 Å². The van der Waals surface area contributed by atoms with Crippen LogP contribution in [0.25, 0.3) is 22.1 Å². The third-order valence-corrected chi connectivity index (χ3v) is 5.94. The molecule has 0 bridgehead atoms. The molecule has 0 amide bonds. The summed E-state index contributed by atoms with van der Waals surface area (Å²) in [7, 11) is 0. The molecule has 130 valence electrons. The third-order valence-electron chi connectivity index (χ3n) is 4.14. The molecule has 4 aromatic rings. The van der Waals surface area contributed by atoms with Crippen molar-refractivity contribution in [3.05, 3.63) is 53.7 Å². The van der Waals surface area contributed by atoms with Crippen LogP contribution < -0.4 is 0 Å². The molecule has 1 aromatic carbocycles. The summed E-state index contributed by atoms with van der Waals surface area (Å²) in [5, 5.41) is 15.9. The molecule has 26 heavy (non-hydrogen) atoms. The first-order valence-electron chi connectivity index (χ1n) is 8.38. The topological polar surface area (TPSA) is 69.6 Å². The zero-order chi connectivity index (χ0) is 17.3. The highest BCUT2D eigenvalue weighted by molar-refractivity contribution is 7.98. The van der Waals surface area contributed by atoms with E-state index < -0.39 is 0 Å². The Morgan fingerprint density at radius 2 is 2.00 bits per heavy atom. The Morgan fingerprint density at radius 1 is 1.12 bits per heavy atom. The monoisotopic (exact) mass is 381 g/mol. The van der Waals surface area contributed by atoms with E-state index in [0.29, 0.717) is 23.5 Å². The van der Waals surface area contributed by atoms with Gasteiger partial charge in [0.1, 0.15) is 0 Å². The number of aromatic nitrogens is 5. The molecule has 0 saturated heterocycles. The fourth-order valence-corrected chi connectivity index (χ4v) is 4.30. The van der Waals surface area contributed by atoms with Crippen molar-refractivity contribution in [1.82, 2.24) is 24.9 Å². The molecule has 1 aliphatic carbocycles. The van der Waals surface area contributed by atoms with E-state index in [0.717, 1.165) is 21.4 Å². The first kappa shape index (κ1) is 15.8. The number of rotatable bonds is 6. The van der Waals surface area contributed by atoms with Crippen LogP contribution in [-0.2, 0) is 5.75 Å². The summed E-state index contributed by atoms with van der Waals surface area (Å²) in [6.07, 6.45) is 2.37. The van der Waals surface area contributed by atoms with Gasteiger partial charge in [0, 0.05) is 11.6 Å². The van der Waals surface area contributed by atoms with Gasteiger partial charge in [-0.3, -0.25) is 4.57 Å². The minimum Gasteiger partial charge on any atom is -0.338 e. The largest absolute Gasteiger partial charge is 0.338 e. The smallest absolute Gasteiger partial charge is 0.237 e. The molecule has 0 unspecified atom stereocenters. The minimum absolute atomic E-state index is 0.507. The molecule has 3 aromatic heterocycles. The predicted molar refractivity (Wildman–Crippen MR) is 101 cm³/mol. The Balaban J connectivity index is 1.36. The van der Waals surface area contributed by atoms with Crippen LogP contribution in [0, 0.1) is 0 Å². The first-order valence-corrected chi connectivity index (χ1v) is 10.2. The molecule has 1 aliphatic rings. The Kier molecular flexibility index (Phi) is 4.06. The maximum absolute atomic E-state index is 5.40. The van der Waals surface area contributed by atoms with Gasteiger partial charge in [-0.1, -0.05) is 53.3 Å². The Hall–Kier alpha value is -2.45. The summed E-state index contributed by atoms with van der Waals surface area (Å²) in [4.78, 5) is 5.64. The number of thiophene rings is 1. The third kappa shape index (κ3) is 3.06. The molecule has 0 aliphatic heterocycles. The van der Waals surface area contributed by atoms with E-state index in [2.05, 4.69) is 36.4 Å². The highest BCUT2D eigenvalue weighted by atomic mass is 32.2. The van der Waals surface area contributed by atoms with Crippen molar-refractivity contribution in [2.45, 2.75) is 29.8 Å². The fraction of sp³-hybridized carbons (Fsp3) is 0.222. The summed E-state index contributed by atoms with van der Waals surface area (Å²) >= 11 is 3.28. The molecule has 6 nitrogen and oxygen atoms in total. The number of nitrogens with zero attached hydrogens (tertiary/aromatic N) is 5. The van der Waals surface area contributed by atoms with Gasteiger partial charge in [0.15, 0.2) is 11.0 Å². The SMILES string of the molecule is c1ccc(-c2noc(CSc3nnc(-c4cccs4)n3C3CC3)n2)cc1. The van der Waals surface area contributed by atoms with Crippen LogP contribution in [0.4, 0.5) is 0 Å². The molecular formula is C18H15N5OS2. The van der Waals surface area contributed by atoms with Crippen molar-refractivity contribution < 1.29 is 4.52 Å². The van der Waals surface area contributed by atoms with E-state index in [1.54, 1.807) is 23.1 Å². The summed E-state index contributed by atoms with van der Waals surface area (Å²) in [5.74, 6) is 2.75. The molecule has 8 heteroatoms. The van der Waals surface area contributed by atoms with E-state index in [4.69, 9.17) is 4.52 Å². The van der Waals surface area contributed by atoms with Gasteiger partial charge in [-0.15, -0.1) is 21.5 Å². The number of benzene rings is 1. The van der Waals surface area contributed by atoms with Crippen molar-refractivity contribution in [3.63, 3.8) is 0 Å². The zero-order valence-corrected chi connectivity index (χ0v) is 15.4. The summed E-state index contributed by atoms with van der Waals surface area (Å²) in [5.41, 5.74) is 0.952. The second-order valence-corrected chi connectivity index (χ2v) is 7.94. The Morgan fingerprint density at radius 3 is 2.77 bits per heavy atom. The Labute approximate surface area is 158 Å². The molecule has 1 fully saturated rings. The second-order valence-electron chi connectivity index (χ2n) is 6.05. The van der Waals surface area contributed by atoms with E-state index in [9.17, 15) is 0 Å². The average Bonchev–Trinajstić information content (AvgIpc) is 3.10. The van der Waals surface area contributed by atoms with Gasteiger partial charge in [0.05, 0.1) is 10.6 Å². The lowest BCUT2D eigenvalue weighted by Crippen LogP contribution is -1.99. The average molecular weight is 381 g/mol. The van der Waals surface area contributed by atoms with Crippen LogP contribution in [0.3, 0.4) is 0 Å². The molecule has 1 saturated carbocycles. The predicted octanol–water partition coefficient (Wildman–Crippen LogP) is 4.68. The molecular weight excluding hydrogens is 366 g/mol. The van der Waals surface area contributed by atoms with Gasteiger partial charge < -0.3 is 4.52 Å². The van der Waals surface area contributed by atoms with E-state index >= 15 is 0 Å². The summed E-state index contributed by atoms with van der Waals surface area (Å²) < 4.78 is 7.65. The van der Waals surface area contributed by atoms with Crippen LogP contribution in [0.5, 0.6) is 0 Å². The number of thioether (sulfide) groups is 1. The summed E-state index contributed by atoms with van der Waals surface area (Å²) in [6, 6.07) is 14.5. The number of hydrogen-bond donors (Lipinski definition) is 0. The Bertz CT molecular complexity index is 1010. The lowest BCUT2D eigenvalue weighted by Gasteiger charge is -2.06. The summed E-state index contributed by atoms with van der Waals surface area (Å²) in [6.45, 7) is 0. The van der Waals surface area contributed by atoms with Gasteiger partial charge in [-0.25, -0.2) is 0 Å². The fourth-order valence-electron chi connectivity index (χ4n) is 2.76. The maximum atomic E-state index is 5.40. The van der Waals surface area contributed by atoms with E-state index in [1.165, 1.54) is 12.8 Å². The van der Waals surface area contributed by atoms with Crippen molar-refractivity contribution in [1.29, 1.82) is 0 Å². The van der Waals surface area contributed by atoms with Gasteiger partial charge in [0.2, 0.25) is 11.7 Å². The van der Waals surface area contributed by atoms with Crippen molar-refractivity contribution in [2.24, 2.45) is 0 Å². The van der Waals surface area contributed by atoms with Crippen LogP contribution in [0.2, 0.25) is 0 Å². The lowest BCUT2D eigenvalue weighted by molar-refractivity contribution is 0.391. The molecule has 0 atom stereocenters. The quantitative estimate of drug-likeness (QED) is 0.452. The molecule has 5 rings (SSSR count). The van der Waals surface area contributed by atoms with Crippen molar-refractivity contribution >= 4 is 23.1 Å². The van der Waals surface area contributed by atoms with Crippen molar-refractivity contribution in [2.75, 3.05) is 0 Å². The normalized spacial score (nSPS) is 14.0. The minimum atomic E-state index is 0.507. The molecule has 0 spiro atoms. The van der Waals surface area contributed by atoms with Crippen LogP contribution in [0.1, 0.15) is 24.8 Å². The zero-order valence-electron chi connectivity index (χ0n) is 13.8. The highest BCUT2D eigenvalue weighted by Crippen LogP contribution is 2.42. The van der Waals surface area contributed by atoms with Crippen molar-refractivity contribution in [3.8, 4) is 22.1 Å². The van der Waals surface area contributed by atoms with Gasteiger partial charge >= 0.3 is 0 Å². The van der Waals surface area contributed by atoms with E-state index in [1.807, 2.05) is 36.4 Å². The lowest BCUT2D eigenvalue weighted by atomic mass is 10.2. The van der Waals surface area contributed by atoms with Crippen LogP contribution in [-0.4, -0.2) is 24.9 Å². The van der Waals surface area contributed by atoms with Gasteiger partial charge in [-0.2, -0.15) is 4.98 Å². The standard InChI is InChI=1S/C18H15N5OS2/c1-2-5-12(6-3-1)16-19-15(24-22-16)11-26-18-21-20-17(14-7-4-10-25-14)23(18)13-8-9-13/h1-7,10,13H,8-9,11H2. The van der Waals surface area contributed by atoms with Gasteiger partial charge in [0.25, 0.3) is 0 Å². The van der Waals surface area contributed by atoms with Crippen LogP contribution in [0.15, 0.2) is 57.5 Å².